The van der Waals surface area contributed by atoms with Gasteiger partial charge in [-0.3, -0.25) is 10.1 Å². The van der Waals surface area contributed by atoms with E-state index in [1.807, 2.05) is 0 Å². The van der Waals surface area contributed by atoms with Crippen LogP contribution in [0.2, 0.25) is 0 Å². The van der Waals surface area contributed by atoms with Crippen LogP contribution >= 0.6 is 22.6 Å². The molecule has 1 aliphatic rings. The van der Waals surface area contributed by atoms with Crippen molar-refractivity contribution in [1.29, 1.82) is 0 Å². The number of benzene rings is 1. The van der Waals surface area contributed by atoms with Gasteiger partial charge in [-0.2, -0.15) is 0 Å². The predicted octanol–water partition coefficient (Wildman–Crippen LogP) is 3.10. The lowest BCUT2D eigenvalue weighted by Crippen LogP contribution is -2.33. The first-order valence-corrected chi connectivity index (χ1v) is 7.65. The highest BCUT2D eigenvalue weighted by Crippen LogP contribution is 2.23. The molecule has 0 amide bonds. The Morgan fingerprint density at radius 3 is 2.68 bits per heavy atom. The summed E-state index contributed by atoms with van der Waals surface area (Å²) in [6, 6.07) is 4.94. The minimum absolute atomic E-state index is 0.144. The maximum atomic E-state index is 10.7. The van der Waals surface area contributed by atoms with Crippen LogP contribution in [0.1, 0.15) is 19.3 Å². The zero-order valence-corrected chi connectivity index (χ0v) is 12.9. The Morgan fingerprint density at radius 2 is 2.05 bits per heavy atom. The minimum Gasteiger partial charge on any atom is -0.383 e. The standard InChI is InChI=1S/C13H18IN3O2/c14-12-10-11(17(18)19)4-5-13(12)15-6-9-16-7-2-1-3-8-16/h4-5,10,15H,1-3,6-9H2. The molecule has 0 aromatic heterocycles. The highest BCUT2D eigenvalue weighted by atomic mass is 127. The molecule has 6 heteroatoms. The van der Waals surface area contributed by atoms with Gasteiger partial charge in [-0.1, -0.05) is 6.42 Å². The van der Waals surface area contributed by atoms with Crippen LogP contribution in [-0.2, 0) is 0 Å². The topological polar surface area (TPSA) is 58.4 Å². The number of halogens is 1. The Morgan fingerprint density at radius 1 is 1.32 bits per heavy atom. The molecule has 1 heterocycles. The van der Waals surface area contributed by atoms with E-state index >= 15 is 0 Å². The monoisotopic (exact) mass is 375 g/mol. The van der Waals surface area contributed by atoms with E-state index in [1.165, 1.54) is 32.4 Å². The summed E-state index contributed by atoms with van der Waals surface area (Å²) in [5.41, 5.74) is 1.12. The van der Waals surface area contributed by atoms with Gasteiger partial charge in [0.2, 0.25) is 0 Å². The third-order valence-corrected chi connectivity index (χ3v) is 4.25. The van der Waals surface area contributed by atoms with E-state index in [0.29, 0.717) is 0 Å². The zero-order chi connectivity index (χ0) is 13.7. The molecule has 19 heavy (non-hydrogen) atoms. The van der Waals surface area contributed by atoms with Gasteiger partial charge in [-0.05, 0) is 54.6 Å². The molecule has 0 spiro atoms. The Hall–Kier alpha value is -0.890. The van der Waals surface area contributed by atoms with Crippen molar-refractivity contribution in [2.45, 2.75) is 19.3 Å². The van der Waals surface area contributed by atoms with E-state index in [4.69, 9.17) is 0 Å². The van der Waals surface area contributed by atoms with Crippen LogP contribution in [0.25, 0.3) is 0 Å². The van der Waals surface area contributed by atoms with Crippen molar-refractivity contribution in [2.75, 3.05) is 31.5 Å². The average molecular weight is 375 g/mol. The van der Waals surface area contributed by atoms with Gasteiger partial charge in [-0.15, -0.1) is 0 Å². The van der Waals surface area contributed by atoms with Crippen molar-refractivity contribution in [1.82, 2.24) is 4.90 Å². The minimum atomic E-state index is -0.361. The third-order valence-electron chi connectivity index (χ3n) is 3.36. The molecule has 1 saturated heterocycles. The summed E-state index contributed by atoms with van der Waals surface area (Å²) in [5.74, 6) is 0. The van der Waals surface area contributed by atoms with Crippen molar-refractivity contribution in [3.63, 3.8) is 0 Å². The Balaban J connectivity index is 1.83. The van der Waals surface area contributed by atoms with Gasteiger partial charge in [0.15, 0.2) is 0 Å². The van der Waals surface area contributed by atoms with Crippen molar-refractivity contribution in [2.24, 2.45) is 0 Å². The quantitative estimate of drug-likeness (QED) is 0.488. The number of non-ortho nitro benzene ring substituents is 1. The number of rotatable bonds is 5. The fraction of sp³-hybridized carbons (Fsp3) is 0.538. The lowest BCUT2D eigenvalue weighted by atomic mass is 10.1. The summed E-state index contributed by atoms with van der Waals surface area (Å²) in [4.78, 5) is 12.8. The summed E-state index contributed by atoms with van der Waals surface area (Å²) >= 11 is 2.13. The van der Waals surface area contributed by atoms with E-state index in [9.17, 15) is 10.1 Å². The summed E-state index contributed by atoms with van der Waals surface area (Å²) < 4.78 is 0.894. The normalized spacial score (nSPS) is 16.3. The van der Waals surface area contributed by atoms with Gasteiger partial charge < -0.3 is 10.2 Å². The van der Waals surface area contributed by atoms with Crippen molar-refractivity contribution >= 4 is 34.0 Å². The molecule has 0 radical (unpaired) electrons. The second kappa shape index (κ2) is 7.04. The molecule has 0 atom stereocenters. The largest absolute Gasteiger partial charge is 0.383 e. The summed E-state index contributed by atoms with van der Waals surface area (Å²) in [7, 11) is 0. The first-order chi connectivity index (χ1) is 9.16. The second-order valence-corrected chi connectivity index (χ2v) is 5.91. The smallest absolute Gasteiger partial charge is 0.270 e. The Labute approximate surface area is 126 Å². The first kappa shape index (κ1) is 14.5. The molecule has 2 rings (SSSR count). The molecule has 0 aliphatic carbocycles. The number of anilines is 1. The van der Waals surface area contributed by atoms with Gasteiger partial charge in [0.25, 0.3) is 5.69 Å². The van der Waals surface area contributed by atoms with Gasteiger partial charge in [-0.25, -0.2) is 0 Å². The molecule has 1 N–H and O–H groups in total. The van der Waals surface area contributed by atoms with Crippen molar-refractivity contribution in [3.8, 4) is 0 Å². The predicted molar refractivity (Wildman–Crippen MR) is 84.6 cm³/mol. The van der Waals surface area contributed by atoms with Crippen LogP contribution in [0.15, 0.2) is 18.2 Å². The zero-order valence-electron chi connectivity index (χ0n) is 10.8. The van der Waals surface area contributed by atoms with Crippen LogP contribution in [0.4, 0.5) is 11.4 Å². The van der Waals surface area contributed by atoms with E-state index < -0.39 is 0 Å². The number of piperidine rings is 1. The van der Waals surface area contributed by atoms with Crippen LogP contribution in [0.5, 0.6) is 0 Å². The molecule has 1 aliphatic heterocycles. The molecule has 0 saturated carbocycles. The first-order valence-electron chi connectivity index (χ1n) is 6.57. The molecule has 0 bridgehead atoms. The number of nitrogens with one attached hydrogen (secondary N) is 1. The maximum absolute atomic E-state index is 10.7. The highest BCUT2D eigenvalue weighted by Gasteiger charge is 2.11. The third kappa shape index (κ3) is 4.31. The summed E-state index contributed by atoms with van der Waals surface area (Å²) in [5, 5.41) is 14.0. The molecule has 0 unspecified atom stereocenters. The summed E-state index contributed by atoms with van der Waals surface area (Å²) in [6.45, 7) is 4.30. The average Bonchev–Trinajstić information content (AvgIpc) is 2.41. The fourth-order valence-electron chi connectivity index (χ4n) is 2.29. The molecular formula is C13H18IN3O2. The van der Waals surface area contributed by atoms with E-state index in [1.54, 1.807) is 18.2 Å². The molecule has 1 aromatic rings. The number of nitro benzene ring substituents is 1. The molecular weight excluding hydrogens is 357 g/mol. The van der Waals surface area contributed by atoms with Crippen molar-refractivity contribution < 1.29 is 4.92 Å². The Bertz CT molecular complexity index is 448. The molecule has 1 fully saturated rings. The molecule has 5 nitrogen and oxygen atoms in total. The fourth-order valence-corrected chi connectivity index (χ4v) is 2.98. The SMILES string of the molecule is O=[N+]([O-])c1ccc(NCCN2CCCCC2)c(I)c1. The van der Waals surface area contributed by atoms with E-state index in [0.717, 1.165) is 22.3 Å². The second-order valence-electron chi connectivity index (χ2n) is 4.75. The number of nitrogens with zero attached hydrogens (tertiary/aromatic N) is 2. The van der Waals surface area contributed by atoms with Gasteiger partial charge >= 0.3 is 0 Å². The molecule has 1 aromatic carbocycles. The van der Waals surface area contributed by atoms with E-state index in [-0.39, 0.29) is 10.6 Å². The van der Waals surface area contributed by atoms with Gasteiger partial charge in [0.1, 0.15) is 0 Å². The Kier molecular flexibility index (Phi) is 5.38. The van der Waals surface area contributed by atoms with Crippen LogP contribution in [-0.4, -0.2) is 36.0 Å². The number of likely N-dealkylation sites (tertiary alicyclic amines) is 1. The maximum Gasteiger partial charge on any atom is 0.270 e. The van der Waals surface area contributed by atoms with Gasteiger partial charge in [0, 0.05) is 34.5 Å². The lowest BCUT2D eigenvalue weighted by Gasteiger charge is -2.26. The van der Waals surface area contributed by atoms with Crippen LogP contribution in [0.3, 0.4) is 0 Å². The van der Waals surface area contributed by atoms with Crippen LogP contribution < -0.4 is 5.32 Å². The van der Waals surface area contributed by atoms with Crippen molar-refractivity contribution in [3.05, 3.63) is 31.9 Å². The molecule has 104 valence electrons. The number of hydrogen-bond donors (Lipinski definition) is 1. The number of nitro groups is 1. The summed E-state index contributed by atoms with van der Waals surface area (Å²) in [6.07, 6.45) is 3.95. The lowest BCUT2D eigenvalue weighted by molar-refractivity contribution is -0.384. The number of hydrogen-bond acceptors (Lipinski definition) is 4. The van der Waals surface area contributed by atoms with Crippen LogP contribution in [0, 0.1) is 13.7 Å². The highest BCUT2D eigenvalue weighted by molar-refractivity contribution is 14.1. The van der Waals surface area contributed by atoms with Gasteiger partial charge in [0.05, 0.1) is 4.92 Å². The van der Waals surface area contributed by atoms with E-state index in [2.05, 4.69) is 32.8 Å².